The van der Waals surface area contributed by atoms with Crippen LogP contribution in [0.2, 0.25) is 5.02 Å². The van der Waals surface area contributed by atoms with Crippen molar-refractivity contribution >= 4 is 17.3 Å². The van der Waals surface area contributed by atoms with E-state index >= 15 is 0 Å². The smallest absolute Gasteiger partial charge is 0.273 e. The van der Waals surface area contributed by atoms with Crippen LogP contribution in [0.3, 0.4) is 0 Å². The summed E-state index contributed by atoms with van der Waals surface area (Å²) in [5.41, 5.74) is 5.19. The van der Waals surface area contributed by atoms with Crippen LogP contribution in [0.1, 0.15) is 25.7 Å². The van der Waals surface area contributed by atoms with E-state index in [2.05, 4.69) is 6.07 Å². The lowest BCUT2D eigenvalue weighted by atomic mass is 9.87. The minimum atomic E-state index is -0.782. The van der Waals surface area contributed by atoms with E-state index in [-0.39, 0.29) is 17.4 Å². The minimum absolute atomic E-state index is 0.0690. The molecule has 1 fully saturated rings. The SMILES string of the molecule is N#CC1(N)CCCC1CCOc1cc([N+](=O)[O-])ccc1Cl. The van der Waals surface area contributed by atoms with Crippen LogP contribution < -0.4 is 10.5 Å². The van der Waals surface area contributed by atoms with E-state index in [0.717, 1.165) is 12.8 Å². The Labute approximate surface area is 127 Å². The lowest BCUT2D eigenvalue weighted by molar-refractivity contribution is -0.384. The number of hydrogen-bond donors (Lipinski definition) is 1. The molecule has 1 saturated carbocycles. The molecule has 1 aliphatic carbocycles. The summed E-state index contributed by atoms with van der Waals surface area (Å²) in [6, 6.07) is 6.25. The zero-order chi connectivity index (χ0) is 15.5. The molecule has 2 rings (SSSR count). The van der Waals surface area contributed by atoms with Gasteiger partial charge in [0, 0.05) is 6.07 Å². The summed E-state index contributed by atoms with van der Waals surface area (Å²) in [5, 5.41) is 20.2. The van der Waals surface area contributed by atoms with Gasteiger partial charge in [0.25, 0.3) is 5.69 Å². The fraction of sp³-hybridized carbons (Fsp3) is 0.500. The first-order chi connectivity index (χ1) is 9.96. The number of hydrogen-bond acceptors (Lipinski definition) is 5. The van der Waals surface area contributed by atoms with Crippen molar-refractivity contribution in [3.63, 3.8) is 0 Å². The van der Waals surface area contributed by atoms with Crippen LogP contribution in [0.15, 0.2) is 18.2 Å². The highest BCUT2D eigenvalue weighted by Crippen LogP contribution is 2.36. The molecule has 0 saturated heterocycles. The standard InChI is InChI=1S/C14H16ClN3O3/c15-12-4-3-11(18(19)20)8-13(12)21-7-5-10-2-1-6-14(10,17)9-16/h3-4,8,10H,1-2,5-7,17H2. The maximum atomic E-state index is 10.7. The first kappa shape index (κ1) is 15.5. The molecule has 7 heteroatoms. The summed E-state index contributed by atoms with van der Waals surface area (Å²) < 4.78 is 5.53. The summed E-state index contributed by atoms with van der Waals surface area (Å²) in [6.07, 6.45) is 3.16. The average molecular weight is 310 g/mol. The van der Waals surface area contributed by atoms with Crippen molar-refractivity contribution < 1.29 is 9.66 Å². The van der Waals surface area contributed by atoms with Gasteiger partial charge in [-0.25, -0.2) is 0 Å². The van der Waals surface area contributed by atoms with E-state index in [4.69, 9.17) is 27.3 Å². The van der Waals surface area contributed by atoms with Gasteiger partial charge in [-0.05, 0) is 31.2 Å². The van der Waals surface area contributed by atoms with Gasteiger partial charge in [-0.15, -0.1) is 0 Å². The molecule has 1 aromatic rings. The lowest BCUT2D eigenvalue weighted by Gasteiger charge is -2.23. The van der Waals surface area contributed by atoms with Gasteiger partial charge in [0.05, 0.1) is 28.7 Å². The van der Waals surface area contributed by atoms with Gasteiger partial charge in [-0.1, -0.05) is 18.0 Å². The molecule has 0 aromatic heterocycles. The highest BCUT2D eigenvalue weighted by molar-refractivity contribution is 6.32. The number of rotatable bonds is 5. The van der Waals surface area contributed by atoms with Crippen LogP contribution in [-0.2, 0) is 0 Å². The zero-order valence-corrected chi connectivity index (χ0v) is 12.2. The number of nitrogens with two attached hydrogens (primary N) is 1. The molecule has 112 valence electrons. The Balaban J connectivity index is 1.96. The van der Waals surface area contributed by atoms with Gasteiger partial charge >= 0.3 is 0 Å². The Morgan fingerprint density at radius 2 is 2.38 bits per heavy atom. The summed E-state index contributed by atoms with van der Waals surface area (Å²) in [4.78, 5) is 10.2. The molecule has 2 unspecified atom stereocenters. The molecule has 2 atom stereocenters. The van der Waals surface area contributed by atoms with Gasteiger partial charge in [0.1, 0.15) is 11.3 Å². The number of halogens is 1. The molecular weight excluding hydrogens is 294 g/mol. The molecule has 0 radical (unpaired) electrons. The predicted octanol–water partition coefficient (Wildman–Crippen LogP) is 3.04. The monoisotopic (exact) mass is 309 g/mol. The summed E-state index contributed by atoms with van der Waals surface area (Å²) >= 11 is 5.95. The fourth-order valence-corrected chi connectivity index (χ4v) is 2.85. The molecule has 2 N–H and O–H groups in total. The van der Waals surface area contributed by atoms with E-state index in [0.29, 0.717) is 24.5 Å². The van der Waals surface area contributed by atoms with Gasteiger partial charge in [0.2, 0.25) is 0 Å². The van der Waals surface area contributed by atoms with Crippen molar-refractivity contribution in [2.24, 2.45) is 11.7 Å². The summed E-state index contributed by atoms with van der Waals surface area (Å²) in [7, 11) is 0. The lowest BCUT2D eigenvalue weighted by Crippen LogP contribution is -2.42. The number of nitro groups is 1. The maximum absolute atomic E-state index is 10.7. The molecule has 1 aromatic carbocycles. The number of nitriles is 1. The van der Waals surface area contributed by atoms with Crippen molar-refractivity contribution in [2.75, 3.05) is 6.61 Å². The molecule has 0 amide bonds. The Hall–Kier alpha value is -1.84. The van der Waals surface area contributed by atoms with Crippen molar-refractivity contribution in [1.82, 2.24) is 0 Å². The van der Waals surface area contributed by atoms with Gasteiger partial charge < -0.3 is 10.5 Å². The summed E-state index contributed by atoms with van der Waals surface area (Å²) in [6.45, 7) is 0.326. The number of non-ortho nitro benzene ring substituents is 1. The number of benzene rings is 1. The maximum Gasteiger partial charge on any atom is 0.273 e. The van der Waals surface area contributed by atoms with Crippen molar-refractivity contribution in [1.29, 1.82) is 5.26 Å². The first-order valence-corrected chi connectivity index (χ1v) is 7.11. The van der Waals surface area contributed by atoms with Crippen LogP contribution in [0.4, 0.5) is 5.69 Å². The Morgan fingerprint density at radius 1 is 1.62 bits per heavy atom. The van der Waals surface area contributed by atoms with Crippen molar-refractivity contribution in [2.45, 2.75) is 31.2 Å². The van der Waals surface area contributed by atoms with Crippen molar-refractivity contribution in [3.05, 3.63) is 33.3 Å². The van der Waals surface area contributed by atoms with Crippen LogP contribution >= 0.6 is 11.6 Å². The predicted molar refractivity (Wildman–Crippen MR) is 78.1 cm³/mol. The molecular formula is C14H16ClN3O3. The normalized spacial score (nSPS) is 24.5. The molecule has 0 heterocycles. The van der Waals surface area contributed by atoms with Gasteiger partial charge in [-0.2, -0.15) is 5.26 Å². The average Bonchev–Trinajstić information content (AvgIpc) is 2.83. The highest BCUT2D eigenvalue weighted by atomic mass is 35.5. The molecule has 21 heavy (non-hydrogen) atoms. The van der Waals surface area contributed by atoms with Crippen LogP contribution in [0, 0.1) is 27.4 Å². The van der Waals surface area contributed by atoms with E-state index in [1.165, 1.54) is 18.2 Å². The van der Waals surface area contributed by atoms with E-state index in [9.17, 15) is 10.1 Å². The topological polar surface area (TPSA) is 102 Å². The minimum Gasteiger partial charge on any atom is -0.492 e. The van der Waals surface area contributed by atoms with Gasteiger partial charge in [0.15, 0.2) is 0 Å². The summed E-state index contributed by atoms with van der Waals surface area (Å²) in [5.74, 6) is 0.364. The van der Waals surface area contributed by atoms with Gasteiger partial charge in [-0.3, -0.25) is 10.1 Å². The molecule has 0 spiro atoms. The van der Waals surface area contributed by atoms with Crippen LogP contribution in [0.25, 0.3) is 0 Å². The number of ether oxygens (including phenoxy) is 1. The van der Waals surface area contributed by atoms with Crippen LogP contribution in [-0.4, -0.2) is 17.1 Å². The van der Waals surface area contributed by atoms with E-state index in [1.54, 1.807) is 0 Å². The Bertz CT molecular complexity index is 587. The van der Waals surface area contributed by atoms with E-state index in [1.807, 2.05) is 0 Å². The largest absolute Gasteiger partial charge is 0.492 e. The number of nitrogens with zero attached hydrogens (tertiary/aromatic N) is 2. The second-order valence-electron chi connectivity index (χ2n) is 5.25. The fourth-order valence-electron chi connectivity index (χ4n) is 2.68. The molecule has 6 nitrogen and oxygen atoms in total. The van der Waals surface area contributed by atoms with Crippen LogP contribution in [0.5, 0.6) is 5.75 Å². The second-order valence-corrected chi connectivity index (χ2v) is 5.66. The second kappa shape index (κ2) is 6.29. The first-order valence-electron chi connectivity index (χ1n) is 6.73. The third kappa shape index (κ3) is 3.43. The Morgan fingerprint density at radius 3 is 3.05 bits per heavy atom. The molecule has 0 aliphatic heterocycles. The number of nitro benzene ring substituents is 1. The highest BCUT2D eigenvalue weighted by Gasteiger charge is 2.39. The quantitative estimate of drug-likeness (QED) is 0.665. The van der Waals surface area contributed by atoms with E-state index < -0.39 is 10.5 Å². The third-order valence-electron chi connectivity index (χ3n) is 3.93. The third-order valence-corrected chi connectivity index (χ3v) is 4.24. The van der Waals surface area contributed by atoms with Crippen molar-refractivity contribution in [3.8, 4) is 11.8 Å². The molecule has 0 bridgehead atoms. The zero-order valence-electron chi connectivity index (χ0n) is 11.4. The molecule has 1 aliphatic rings. The Kier molecular flexibility index (Phi) is 4.66.